The minimum absolute atomic E-state index is 0.515. The molecule has 0 saturated heterocycles. The molecule has 1 fully saturated rings. The summed E-state index contributed by atoms with van der Waals surface area (Å²) >= 11 is 0. The molecule has 1 saturated carbocycles. The number of nitrogens with zero attached hydrogens (tertiary/aromatic N) is 2. The summed E-state index contributed by atoms with van der Waals surface area (Å²) in [5, 5.41) is 3.50. The maximum Gasteiger partial charge on any atom is 0.129 e. The molecule has 0 bridgehead atoms. The normalized spacial score (nSPS) is 17.0. The molecule has 1 aliphatic carbocycles. The van der Waals surface area contributed by atoms with Crippen LogP contribution in [0.2, 0.25) is 0 Å². The molecule has 2 rings (SSSR count). The molecule has 21 heavy (non-hydrogen) atoms. The summed E-state index contributed by atoms with van der Waals surface area (Å²) in [5.74, 6) is 1.14. The predicted octanol–water partition coefficient (Wildman–Crippen LogP) is 4.05. The molecule has 0 spiro atoms. The molecule has 0 radical (unpaired) electrons. The zero-order valence-electron chi connectivity index (χ0n) is 14.2. The number of aryl methyl sites for hydroxylation is 1. The van der Waals surface area contributed by atoms with Crippen molar-refractivity contribution in [2.45, 2.75) is 77.9 Å². The lowest BCUT2D eigenvalue weighted by atomic mass is 10.1. The first-order chi connectivity index (χ1) is 10.1. The Kier molecular flexibility index (Phi) is 6.04. The van der Waals surface area contributed by atoms with Gasteiger partial charge in [0, 0.05) is 31.4 Å². The molecule has 0 atom stereocenters. The van der Waals surface area contributed by atoms with Crippen LogP contribution in [0.5, 0.6) is 0 Å². The highest BCUT2D eigenvalue weighted by molar-refractivity contribution is 5.43. The molecule has 118 valence electrons. The van der Waals surface area contributed by atoms with Gasteiger partial charge in [-0.1, -0.05) is 39.5 Å². The van der Waals surface area contributed by atoms with Crippen molar-refractivity contribution in [3.05, 3.63) is 23.4 Å². The van der Waals surface area contributed by atoms with Gasteiger partial charge in [0.1, 0.15) is 5.82 Å². The van der Waals surface area contributed by atoms with Crippen molar-refractivity contribution >= 4 is 5.82 Å². The first-order valence-corrected chi connectivity index (χ1v) is 8.50. The summed E-state index contributed by atoms with van der Waals surface area (Å²) < 4.78 is 0. The first kappa shape index (κ1) is 16.3. The third-order valence-corrected chi connectivity index (χ3v) is 4.45. The lowest BCUT2D eigenvalue weighted by molar-refractivity contribution is 0.548. The summed E-state index contributed by atoms with van der Waals surface area (Å²) in [6, 6.07) is 5.63. The Morgan fingerprint density at radius 3 is 2.48 bits per heavy atom. The second-order valence-corrected chi connectivity index (χ2v) is 6.77. The second-order valence-electron chi connectivity index (χ2n) is 6.77. The second kappa shape index (κ2) is 7.79. The largest absolute Gasteiger partial charge is 0.357 e. The molecule has 0 unspecified atom stereocenters. The lowest BCUT2D eigenvalue weighted by Crippen LogP contribution is -2.32. The van der Waals surface area contributed by atoms with E-state index >= 15 is 0 Å². The minimum atomic E-state index is 0.515. The molecular formula is C18H31N3. The van der Waals surface area contributed by atoms with E-state index in [1.165, 1.54) is 44.1 Å². The Morgan fingerprint density at radius 1 is 1.19 bits per heavy atom. The van der Waals surface area contributed by atoms with Crippen LogP contribution in [0.1, 0.15) is 63.6 Å². The van der Waals surface area contributed by atoms with E-state index in [2.05, 4.69) is 50.2 Å². The molecule has 3 nitrogen and oxygen atoms in total. The standard InChI is InChI=1S/C18H31N3/c1-14(2)19-13-16-11-15(3)20-18(12-16)21(4)17-9-7-5-6-8-10-17/h11-12,14,17,19H,5-10,13H2,1-4H3. The number of pyridine rings is 1. The molecule has 0 aromatic carbocycles. The Balaban J connectivity index is 2.09. The number of hydrogen-bond acceptors (Lipinski definition) is 3. The summed E-state index contributed by atoms with van der Waals surface area (Å²) in [6.07, 6.45) is 8.15. The number of aromatic nitrogens is 1. The quantitative estimate of drug-likeness (QED) is 0.829. The van der Waals surface area contributed by atoms with Crippen molar-refractivity contribution in [3.63, 3.8) is 0 Å². The molecule has 1 aromatic heterocycles. The molecule has 1 N–H and O–H groups in total. The smallest absolute Gasteiger partial charge is 0.129 e. The van der Waals surface area contributed by atoms with Gasteiger partial charge in [0.25, 0.3) is 0 Å². The van der Waals surface area contributed by atoms with E-state index in [9.17, 15) is 0 Å². The van der Waals surface area contributed by atoms with Gasteiger partial charge in [0.2, 0.25) is 0 Å². The van der Waals surface area contributed by atoms with Gasteiger partial charge < -0.3 is 10.2 Å². The lowest BCUT2D eigenvalue weighted by Gasteiger charge is -2.29. The fourth-order valence-corrected chi connectivity index (χ4v) is 3.16. The molecular weight excluding hydrogens is 258 g/mol. The fourth-order valence-electron chi connectivity index (χ4n) is 3.16. The van der Waals surface area contributed by atoms with E-state index in [4.69, 9.17) is 4.98 Å². The molecule has 1 heterocycles. The van der Waals surface area contributed by atoms with Gasteiger partial charge >= 0.3 is 0 Å². The topological polar surface area (TPSA) is 28.2 Å². The summed E-state index contributed by atoms with van der Waals surface area (Å²) in [5.41, 5.74) is 2.46. The maximum atomic E-state index is 4.76. The highest BCUT2D eigenvalue weighted by Crippen LogP contribution is 2.25. The Morgan fingerprint density at radius 2 is 1.86 bits per heavy atom. The Hall–Kier alpha value is -1.09. The number of nitrogens with one attached hydrogen (secondary N) is 1. The van der Waals surface area contributed by atoms with Crippen molar-refractivity contribution in [1.82, 2.24) is 10.3 Å². The molecule has 0 amide bonds. The van der Waals surface area contributed by atoms with E-state index < -0.39 is 0 Å². The summed E-state index contributed by atoms with van der Waals surface area (Å²) in [6.45, 7) is 7.40. The van der Waals surface area contributed by atoms with Crippen molar-refractivity contribution in [2.75, 3.05) is 11.9 Å². The number of rotatable bonds is 5. The fraction of sp³-hybridized carbons (Fsp3) is 0.722. The van der Waals surface area contributed by atoms with Crippen LogP contribution >= 0.6 is 0 Å². The van der Waals surface area contributed by atoms with Crippen LogP contribution in [-0.4, -0.2) is 24.1 Å². The van der Waals surface area contributed by atoms with Gasteiger partial charge in [0.15, 0.2) is 0 Å². The maximum absolute atomic E-state index is 4.76. The van der Waals surface area contributed by atoms with Crippen LogP contribution in [0.4, 0.5) is 5.82 Å². The molecule has 3 heteroatoms. The van der Waals surface area contributed by atoms with E-state index in [0.29, 0.717) is 12.1 Å². The van der Waals surface area contributed by atoms with Gasteiger partial charge in [-0.2, -0.15) is 0 Å². The number of hydrogen-bond donors (Lipinski definition) is 1. The van der Waals surface area contributed by atoms with Crippen molar-refractivity contribution in [1.29, 1.82) is 0 Å². The van der Waals surface area contributed by atoms with Gasteiger partial charge in [-0.05, 0) is 37.5 Å². The predicted molar refractivity (Wildman–Crippen MR) is 90.8 cm³/mol. The van der Waals surface area contributed by atoms with Crippen molar-refractivity contribution in [2.24, 2.45) is 0 Å². The van der Waals surface area contributed by atoms with E-state index in [1.54, 1.807) is 0 Å². The van der Waals surface area contributed by atoms with E-state index in [-0.39, 0.29) is 0 Å². The highest BCUT2D eigenvalue weighted by atomic mass is 15.2. The van der Waals surface area contributed by atoms with E-state index in [1.807, 2.05) is 0 Å². The van der Waals surface area contributed by atoms with Crippen molar-refractivity contribution in [3.8, 4) is 0 Å². The SMILES string of the molecule is Cc1cc(CNC(C)C)cc(N(C)C2CCCCCC2)n1. The van der Waals surface area contributed by atoms with Crippen LogP contribution in [0.3, 0.4) is 0 Å². The first-order valence-electron chi connectivity index (χ1n) is 8.50. The van der Waals surface area contributed by atoms with Crippen LogP contribution in [0.15, 0.2) is 12.1 Å². The van der Waals surface area contributed by atoms with Crippen LogP contribution < -0.4 is 10.2 Å². The van der Waals surface area contributed by atoms with Crippen LogP contribution in [-0.2, 0) is 6.54 Å². The zero-order chi connectivity index (χ0) is 15.2. The molecule has 1 aliphatic rings. The summed E-state index contributed by atoms with van der Waals surface area (Å²) in [7, 11) is 2.22. The van der Waals surface area contributed by atoms with Gasteiger partial charge in [-0.3, -0.25) is 0 Å². The monoisotopic (exact) mass is 289 g/mol. The average Bonchev–Trinajstić information content (AvgIpc) is 2.72. The minimum Gasteiger partial charge on any atom is -0.357 e. The van der Waals surface area contributed by atoms with Gasteiger partial charge in [0.05, 0.1) is 0 Å². The third kappa shape index (κ3) is 4.99. The Bertz CT molecular complexity index is 434. The average molecular weight is 289 g/mol. The molecule has 1 aromatic rings. The zero-order valence-corrected chi connectivity index (χ0v) is 14.2. The van der Waals surface area contributed by atoms with Gasteiger partial charge in [-0.15, -0.1) is 0 Å². The third-order valence-electron chi connectivity index (χ3n) is 4.45. The summed E-state index contributed by atoms with van der Waals surface area (Å²) in [4.78, 5) is 7.18. The van der Waals surface area contributed by atoms with Crippen LogP contribution in [0, 0.1) is 6.92 Å². The van der Waals surface area contributed by atoms with Gasteiger partial charge in [-0.25, -0.2) is 4.98 Å². The van der Waals surface area contributed by atoms with E-state index in [0.717, 1.165) is 18.1 Å². The van der Waals surface area contributed by atoms with Crippen molar-refractivity contribution < 1.29 is 0 Å². The Labute approximate surface area is 130 Å². The van der Waals surface area contributed by atoms with Crippen LogP contribution in [0.25, 0.3) is 0 Å². The molecule has 0 aliphatic heterocycles. The highest BCUT2D eigenvalue weighted by Gasteiger charge is 2.18. The number of anilines is 1.